The summed E-state index contributed by atoms with van der Waals surface area (Å²) < 4.78 is 0. The molecule has 3 atom stereocenters. The van der Waals surface area contributed by atoms with E-state index in [1.165, 1.54) is 10.4 Å². The Bertz CT molecular complexity index is 548. The molecule has 1 aliphatic heterocycles. The second-order valence-corrected chi connectivity index (χ2v) is 5.96. The molecule has 0 N–H and O–H groups in total. The standard InChI is InChI=1S/C14H13ClN2S/c1-9-13(10-4-6-11(15)7-5-10)16-17-14(9)12-3-2-8-18-12/h2-9,13-14H,1H3. The second kappa shape index (κ2) is 4.82. The monoisotopic (exact) mass is 276 g/mol. The number of hydrogen-bond donors (Lipinski definition) is 0. The van der Waals surface area contributed by atoms with Crippen LogP contribution in [0.2, 0.25) is 5.02 Å². The molecule has 2 nitrogen and oxygen atoms in total. The maximum absolute atomic E-state index is 5.91. The van der Waals surface area contributed by atoms with Crippen LogP contribution in [0.25, 0.3) is 0 Å². The van der Waals surface area contributed by atoms with Gasteiger partial charge in [0, 0.05) is 15.8 Å². The van der Waals surface area contributed by atoms with Gasteiger partial charge in [-0.15, -0.1) is 11.3 Å². The highest BCUT2D eigenvalue weighted by Gasteiger charge is 2.33. The van der Waals surface area contributed by atoms with Crippen molar-refractivity contribution in [3.63, 3.8) is 0 Å². The van der Waals surface area contributed by atoms with Gasteiger partial charge in [0.15, 0.2) is 0 Å². The molecule has 0 bridgehead atoms. The van der Waals surface area contributed by atoms with E-state index >= 15 is 0 Å². The first-order valence-corrected chi connectivity index (χ1v) is 7.20. The van der Waals surface area contributed by atoms with Gasteiger partial charge in [0.1, 0.15) is 12.1 Å². The van der Waals surface area contributed by atoms with E-state index in [1.54, 1.807) is 11.3 Å². The summed E-state index contributed by atoms with van der Waals surface area (Å²) in [6, 6.07) is 12.5. The van der Waals surface area contributed by atoms with Crippen LogP contribution in [-0.2, 0) is 0 Å². The lowest BCUT2D eigenvalue weighted by Crippen LogP contribution is -2.08. The Morgan fingerprint density at radius 3 is 2.44 bits per heavy atom. The van der Waals surface area contributed by atoms with E-state index in [0.717, 1.165) is 5.02 Å². The minimum Gasteiger partial charge on any atom is -0.185 e. The molecule has 0 radical (unpaired) electrons. The summed E-state index contributed by atoms with van der Waals surface area (Å²) in [5.74, 6) is 0.393. The van der Waals surface area contributed by atoms with Crippen molar-refractivity contribution >= 4 is 22.9 Å². The van der Waals surface area contributed by atoms with Gasteiger partial charge in [-0.25, -0.2) is 0 Å². The number of thiophene rings is 1. The van der Waals surface area contributed by atoms with E-state index in [0.29, 0.717) is 5.92 Å². The molecule has 1 aromatic carbocycles. The van der Waals surface area contributed by atoms with Crippen molar-refractivity contribution < 1.29 is 0 Å². The molecule has 0 saturated heterocycles. The van der Waals surface area contributed by atoms with E-state index in [-0.39, 0.29) is 12.1 Å². The van der Waals surface area contributed by atoms with E-state index in [2.05, 4.69) is 34.7 Å². The molecule has 4 heteroatoms. The van der Waals surface area contributed by atoms with Gasteiger partial charge >= 0.3 is 0 Å². The summed E-state index contributed by atoms with van der Waals surface area (Å²) in [7, 11) is 0. The highest BCUT2D eigenvalue weighted by molar-refractivity contribution is 7.10. The van der Waals surface area contributed by atoms with Gasteiger partial charge in [-0.3, -0.25) is 0 Å². The maximum Gasteiger partial charge on any atom is 0.110 e. The summed E-state index contributed by atoms with van der Waals surface area (Å²) in [6.07, 6.45) is 0. The summed E-state index contributed by atoms with van der Waals surface area (Å²) in [4.78, 5) is 1.29. The minimum atomic E-state index is 0.148. The average Bonchev–Trinajstić information content (AvgIpc) is 2.99. The molecule has 2 heterocycles. The zero-order valence-corrected chi connectivity index (χ0v) is 11.5. The SMILES string of the molecule is CC1C(c2ccc(Cl)cc2)N=NC1c1cccs1. The van der Waals surface area contributed by atoms with E-state index in [9.17, 15) is 0 Å². The molecule has 92 valence electrons. The third-order valence-corrected chi connectivity index (χ3v) is 4.55. The first kappa shape index (κ1) is 11.9. The van der Waals surface area contributed by atoms with Gasteiger partial charge in [-0.2, -0.15) is 10.2 Å². The highest BCUT2D eigenvalue weighted by atomic mass is 35.5. The van der Waals surface area contributed by atoms with Crippen LogP contribution in [0.5, 0.6) is 0 Å². The number of halogens is 1. The lowest BCUT2D eigenvalue weighted by Gasteiger charge is -2.16. The van der Waals surface area contributed by atoms with Crippen molar-refractivity contribution in [1.82, 2.24) is 0 Å². The van der Waals surface area contributed by atoms with Crippen molar-refractivity contribution in [3.05, 3.63) is 57.2 Å². The zero-order valence-electron chi connectivity index (χ0n) is 9.95. The molecule has 0 amide bonds. The van der Waals surface area contributed by atoms with Crippen LogP contribution in [0.4, 0.5) is 0 Å². The van der Waals surface area contributed by atoms with Gasteiger partial charge in [0.2, 0.25) is 0 Å². The number of azo groups is 1. The molecular formula is C14H13ClN2S. The molecule has 1 aromatic heterocycles. The molecule has 0 spiro atoms. The Morgan fingerprint density at radius 2 is 1.78 bits per heavy atom. The van der Waals surface area contributed by atoms with E-state index in [4.69, 9.17) is 11.6 Å². The molecule has 18 heavy (non-hydrogen) atoms. The fraction of sp³-hybridized carbons (Fsp3) is 0.286. The van der Waals surface area contributed by atoms with Gasteiger partial charge in [-0.1, -0.05) is 36.7 Å². The maximum atomic E-state index is 5.91. The number of rotatable bonds is 2. The summed E-state index contributed by atoms with van der Waals surface area (Å²) in [5, 5.41) is 11.7. The highest BCUT2D eigenvalue weighted by Crippen LogP contribution is 2.44. The van der Waals surface area contributed by atoms with Crippen LogP contribution in [-0.4, -0.2) is 0 Å². The third-order valence-electron chi connectivity index (χ3n) is 3.36. The van der Waals surface area contributed by atoms with Crippen molar-refractivity contribution in [1.29, 1.82) is 0 Å². The van der Waals surface area contributed by atoms with Gasteiger partial charge in [0.25, 0.3) is 0 Å². The molecular weight excluding hydrogens is 264 g/mol. The van der Waals surface area contributed by atoms with Crippen LogP contribution in [0.1, 0.15) is 29.4 Å². The molecule has 0 saturated carbocycles. The van der Waals surface area contributed by atoms with Crippen LogP contribution in [0, 0.1) is 5.92 Å². The van der Waals surface area contributed by atoms with Gasteiger partial charge in [-0.05, 0) is 29.1 Å². The lowest BCUT2D eigenvalue weighted by atomic mass is 9.90. The Labute approximate surface area is 115 Å². The first-order valence-electron chi connectivity index (χ1n) is 5.94. The third kappa shape index (κ3) is 2.08. The Balaban J connectivity index is 1.85. The molecule has 0 fully saturated rings. The quantitative estimate of drug-likeness (QED) is 0.712. The van der Waals surface area contributed by atoms with Gasteiger partial charge in [0.05, 0.1) is 0 Å². The van der Waals surface area contributed by atoms with Crippen molar-refractivity contribution in [3.8, 4) is 0 Å². The smallest absolute Gasteiger partial charge is 0.110 e. The van der Waals surface area contributed by atoms with Crippen LogP contribution < -0.4 is 0 Å². The van der Waals surface area contributed by atoms with Crippen LogP contribution in [0.3, 0.4) is 0 Å². The van der Waals surface area contributed by atoms with Gasteiger partial charge < -0.3 is 0 Å². The van der Waals surface area contributed by atoms with E-state index in [1.807, 2.05) is 24.3 Å². The molecule has 3 unspecified atom stereocenters. The van der Waals surface area contributed by atoms with Crippen LogP contribution in [0.15, 0.2) is 52.0 Å². The predicted molar refractivity (Wildman–Crippen MR) is 75.3 cm³/mol. The Kier molecular flexibility index (Phi) is 3.18. The Morgan fingerprint density at radius 1 is 1.06 bits per heavy atom. The summed E-state index contributed by atoms with van der Waals surface area (Å²) in [6.45, 7) is 2.21. The fourth-order valence-corrected chi connectivity index (χ4v) is 3.33. The normalized spacial score (nSPS) is 26.7. The minimum absolute atomic E-state index is 0.148. The van der Waals surface area contributed by atoms with Crippen molar-refractivity contribution in [2.75, 3.05) is 0 Å². The van der Waals surface area contributed by atoms with Crippen molar-refractivity contribution in [2.24, 2.45) is 16.1 Å². The van der Waals surface area contributed by atoms with Crippen LogP contribution >= 0.6 is 22.9 Å². The van der Waals surface area contributed by atoms with Crippen molar-refractivity contribution in [2.45, 2.75) is 19.0 Å². The second-order valence-electron chi connectivity index (χ2n) is 4.55. The summed E-state index contributed by atoms with van der Waals surface area (Å²) in [5.41, 5.74) is 1.19. The molecule has 3 rings (SSSR count). The predicted octanol–water partition coefficient (Wildman–Crippen LogP) is 5.29. The average molecular weight is 277 g/mol. The largest absolute Gasteiger partial charge is 0.185 e. The number of benzene rings is 1. The summed E-state index contributed by atoms with van der Waals surface area (Å²) >= 11 is 7.66. The number of hydrogen-bond acceptors (Lipinski definition) is 3. The number of nitrogens with zero attached hydrogens (tertiary/aromatic N) is 2. The Hall–Kier alpha value is -1.19. The molecule has 1 aliphatic rings. The first-order chi connectivity index (χ1) is 8.75. The molecule has 2 aromatic rings. The molecule has 0 aliphatic carbocycles. The topological polar surface area (TPSA) is 24.7 Å². The van der Waals surface area contributed by atoms with E-state index < -0.39 is 0 Å². The zero-order chi connectivity index (χ0) is 12.5. The fourth-order valence-electron chi connectivity index (χ4n) is 2.33. The lowest BCUT2D eigenvalue weighted by molar-refractivity contribution is 0.468.